The maximum Gasteiger partial charge on any atom is 0.246 e. The lowest BCUT2D eigenvalue weighted by atomic mass is 10.2. The molecular formula is C20H22ClN3O3. The molecule has 7 heteroatoms. The fourth-order valence-electron chi connectivity index (χ4n) is 2.97. The fourth-order valence-corrected chi connectivity index (χ4v) is 3.23. The lowest BCUT2D eigenvalue weighted by molar-refractivity contribution is -0.117. The average molecular weight is 388 g/mol. The molecule has 0 unspecified atom stereocenters. The molecule has 0 saturated carbocycles. The maximum absolute atomic E-state index is 12.4. The molecular weight excluding hydrogens is 366 g/mol. The first-order chi connectivity index (χ1) is 13.0. The molecule has 2 aromatic carbocycles. The van der Waals surface area contributed by atoms with E-state index in [4.69, 9.17) is 16.3 Å². The minimum atomic E-state index is -0.454. The number of benzene rings is 2. The molecule has 6 nitrogen and oxygen atoms in total. The molecule has 0 radical (unpaired) electrons. The minimum absolute atomic E-state index is 0.154. The van der Waals surface area contributed by atoms with Gasteiger partial charge < -0.3 is 20.3 Å². The zero-order valence-corrected chi connectivity index (χ0v) is 16.0. The third-order valence-electron chi connectivity index (χ3n) is 4.45. The number of halogens is 1. The predicted molar refractivity (Wildman–Crippen MR) is 108 cm³/mol. The Morgan fingerprint density at radius 1 is 1.19 bits per heavy atom. The highest BCUT2D eigenvalue weighted by Gasteiger charge is 2.21. The van der Waals surface area contributed by atoms with Gasteiger partial charge in [-0.05, 0) is 55.8 Å². The van der Waals surface area contributed by atoms with E-state index < -0.39 is 6.04 Å². The van der Waals surface area contributed by atoms with Gasteiger partial charge in [-0.15, -0.1) is 0 Å². The largest absolute Gasteiger partial charge is 0.495 e. The molecule has 0 spiro atoms. The Bertz CT molecular complexity index is 839. The number of anilines is 3. The first-order valence-electron chi connectivity index (χ1n) is 8.79. The zero-order valence-electron chi connectivity index (χ0n) is 15.3. The number of carbonyl (C=O) groups excluding carboxylic acids is 2. The minimum Gasteiger partial charge on any atom is -0.495 e. The van der Waals surface area contributed by atoms with E-state index in [1.807, 2.05) is 24.3 Å². The SMILES string of the molecule is COc1ccc(NC(=O)[C@H](C)Nc2ccc(N3CCCC3=O)cc2)cc1Cl. The number of carbonyl (C=O) groups is 2. The van der Waals surface area contributed by atoms with Crippen molar-refractivity contribution in [2.24, 2.45) is 0 Å². The van der Waals surface area contributed by atoms with E-state index in [2.05, 4.69) is 10.6 Å². The third kappa shape index (κ3) is 4.52. The summed E-state index contributed by atoms with van der Waals surface area (Å²) >= 11 is 6.08. The number of methoxy groups -OCH3 is 1. The summed E-state index contributed by atoms with van der Waals surface area (Å²) in [5.74, 6) is 0.522. The van der Waals surface area contributed by atoms with E-state index >= 15 is 0 Å². The smallest absolute Gasteiger partial charge is 0.246 e. The van der Waals surface area contributed by atoms with Gasteiger partial charge in [-0.3, -0.25) is 9.59 Å². The van der Waals surface area contributed by atoms with Crippen molar-refractivity contribution in [3.8, 4) is 5.75 Å². The topological polar surface area (TPSA) is 70.7 Å². The van der Waals surface area contributed by atoms with E-state index in [0.717, 1.165) is 24.3 Å². The van der Waals surface area contributed by atoms with Gasteiger partial charge >= 0.3 is 0 Å². The van der Waals surface area contributed by atoms with Crippen molar-refractivity contribution in [2.75, 3.05) is 29.2 Å². The molecule has 142 valence electrons. The number of hydrogen-bond donors (Lipinski definition) is 2. The second kappa shape index (κ2) is 8.31. The number of rotatable bonds is 6. The van der Waals surface area contributed by atoms with E-state index in [9.17, 15) is 9.59 Å². The van der Waals surface area contributed by atoms with Gasteiger partial charge in [-0.2, -0.15) is 0 Å². The highest BCUT2D eigenvalue weighted by atomic mass is 35.5. The second-order valence-electron chi connectivity index (χ2n) is 6.40. The van der Waals surface area contributed by atoms with Crippen LogP contribution >= 0.6 is 11.6 Å². The molecule has 3 rings (SSSR count). The summed E-state index contributed by atoms with van der Waals surface area (Å²) in [5.41, 5.74) is 2.29. The first kappa shape index (κ1) is 19.0. The van der Waals surface area contributed by atoms with Crippen LogP contribution in [0.25, 0.3) is 0 Å². The van der Waals surface area contributed by atoms with Crippen LogP contribution in [0.2, 0.25) is 5.02 Å². The molecule has 1 atom stereocenters. The summed E-state index contributed by atoms with van der Waals surface area (Å²) < 4.78 is 5.10. The molecule has 1 aliphatic heterocycles. The standard InChI is InChI=1S/C20H22ClN3O3/c1-13(20(26)23-15-7-10-18(27-2)17(21)12-15)22-14-5-8-16(9-6-14)24-11-3-4-19(24)25/h5-10,12-13,22H,3-4,11H2,1-2H3,(H,23,26)/t13-/m0/s1. The Labute approximate surface area is 163 Å². The van der Waals surface area contributed by atoms with Crippen molar-refractivity contribution in [3.63, 3.8) is 0 Å². The molecule has 1 fully saturated rings. The molecule has 2 N–H and O–H groups in total. The van der Waals surface area contributed by atoms with Crippen molar-refractivity contribution in [1.29, 1.82) is 0 Å². The second-order valence-corrected chi connectivity index (χ2v) is 6.81. The van der Waals surface area contributed by atoms with Crippen molar-refractivity contribution in [1.82, 2.24) is 0 Å². The molecule has 0 bridgehead atoms. The highest BCUT2D eigenvalue weighted by Crippen LogP contribution is 2.27. The third-order valence-corrected chi connectivity index (χ3v) is 4.74. The molecule has 2 aromatic rings. The van der Waals surface area contributed by atoms with Crippen LogP contribution in [0.1, 0.15) is 19.8 Å². The molecule has 0 aliphatic carbocycles. The van der Waals surface area contributed by atoms with Gasteiger partial charge in [0.15, 0.2) is 0 Å². The van der Waals surface area contributed by atoms with Crippen LogP contribution in [-0.2, 0) is 9.59 Å². The van der Waals surface area contributed by atoms with Gasteiger partial charge in [-0.25, -0.2) is 0 Å². The van der Waals surface area contributed by atoms with Gasteiger partial charge in [0.2, 0.25) is 11.8 Å². The summed E-state index contributed by atoms with van der Waals surface area (Å²) in [6, 6.07) is 12.1. The molecule has 1 saturated heterocycles. The van der Waals surface area contributed by atoms with Crippen LogP contribution in [0.15, 0.2) is 42.5 Å². The van der Waals surface area contributed by atoms with Gasteiger partial charge in [-0.1, -0.05) is 11.6 Å². The molecule has 1 heterocycles. The van der Waals surface area contributed by atoms with Crippen molar-refractivity contribution in [2.45, 2.75) is 25.8 Å². The number of nitrogens with zero attached hydrogens (tertiary/aromatic N) is 1. The Morgan fingerprint density at radius 3 is 2.48 bits per heavy atom. The van der Waals surface area contributed by atoms with Crippen LogP contribution in [0.5, 0.6) is 5.75 Å². The van der Waals surface area contributed by atoms with Gasteiger partial charge in [0.1, 0.15) is 11.8 Å². The van der Waals surface area contributed by atoms with E-state index in [1.165, 1.54) is 7.11 Å². The van der Waals surface area contributed by atoms with Crippen molar-refractivity contribution in [3.05, 3.63) is 47.5 Å². The highest BCUT2D eigenvalue weighted by molar-refractivity contribution is 6.32. The van der Waals surface area contributed by atoms with Crippen LogP contribution in [-0.4, -0.2) is 31.5 Å². The van der Waals surface area contributed by atoms with E-state index in [0.29, 0.717) is 22.9 Å². The predicted octanol–water partition coefficient (Wildman–Crippen LogP) is 3.91. The maximum atomic E-state index is 12.4. The Hall–Kier alpha value is -2.73. The number of amides is 2. The Balaban J connectivity index is 1.59. The molecule has 1 aliphatic rings. The monoisotopic (exact) mass is 387 g/mol. The van der Waals surface area contributed by atoms with Crippen LogP contribution in [0.4, 0.5) is 17.1 Å². The molecule has 0 aromatic heterocycles. The summed E-state index contributed by atoms with van der Waals surface area (Å²) in [4.78, 5) is 26.0. The van der Waals surface area contributed by atoms with E-state index in [-0.39, 0.29) is 11.8 Å². The summed E-state index contributed by atoms with van der Waals surface area (Å²) in [7, 11) is 1.54. The Morgan fingerprint density at radius 2 is 1.89 bits per heavy atom. The molecule has 27 heavy (non-hydrogen) atoms. The normalized spacial score (nSPS) is 14.8. The number of ether oxygens (including phenoxy) is 1. The van der Waals surface area contributed by atoms with Crippen LogP contribution in [0.3, 0.4) is 0 Å². The van der Waals surface area contributed by atoms with Crippen molar-refractivity contribution >= 4 is 40.5 Å². The zero-order chi connectivity index (χ0) is 19.4. The van der Waals surface area contributed by atoms with Gasteiger partial charge in [0.05, 0.1) is 12.1 Å². The summed E-state index contributed by atoms with van der Waals surface area (Å²) in [6.07, 6.45) is 1.50. The Kier molecular flexibility index (Phi) is 5.86. The first-order valence-corrected chi connectivity index (χ1v) is 9.17. The van der Waals surface area contributed by atoms with Crippen LogP contribution in [0, 0.1) is 0 Å². The van der Waals surface area contributed by atoms with E-state index in [1.54, 1.807) is 30.0 Å². The van der Waals surface area contributed by atoms with Crippen molar-refractivity contribution < 1.29 is 14.3 Å². The van der Waals surface area contributed by atoms with Crippen LogP contribution < -0.4 is 20.3 Å². The average Bonchev–Trinajstić information content (AvgIpc) is 3.08. The quantitative estimate of drug-likeness (QED) is 0.788. The van der Waals surface area contributed by atoms with Gasteiger partial charge in [0.25, 0.3) is 0 Å². The van der Waals surface area contributed by atoms with Gasteiger partial charge in [0, 0.05) is 30.0 Å². The number of nitrogens with one attached hydrogen (secondary N) is 2. The molecule has 2 amide bonds. The number of hydrogen-bond acceptors (Lipinski definition) is 4. The lowest BCUT2D eigenvalue weighted by Crippen LogP contribution is -2.31. The fraction of sp³-hybridized carbons (Fsp3) is 0.300. The summed E-state index contributed by atoms with van der Waals surface area (Å²) in [6.45, 7) is 2.53. The lowest BCUT2D eigenvalue weighted by Gasteiger charge is -2.18. The summed E-state index contributed by atoms with van der Waals surface area (Å²) in [5, 5.41) is 6.41.